The van der Waals surface area contributed by atoms with Gasteiger partial charge in [-0.05, 0) is 0 Å². The van der Waals surface area contributed by atoms with Gasteiger partial charge in [-0.3, -0.25) is 0 Å². The monoisotopic (exact) mass is 136 g/mol. The molecule has 0 aromatic rings. The molecule has 0 aliphatic heterocycles. The molecule has 0 radical (unpaired) electrons. The fraction of sp³-hybridized carbons (Fsp3) is 0.400. The normalized spacial score (nSPS) is 7.88. The molecular formula is C5H9ClO2. The molecule has 0 saturated heterocycles. The number of aliphatic carboxylic acids is 1. The molecule has 8 heavy (non-hydrogen) atoms. The van der Waals surface area contributed by atoms with Gasteiger partial charge in [-0.25, -0.2) is 4.79 Å². The van der Waals surface area contributed by atoms with E-state index in [4.69, 9.17) is 16.7 Å². The Balaban J connectivity index is 0. The number of rotatable bonds is 1. The van der Waals surface area contributed by atoms with Crippen LogP contribution in [0.2, 0.25) is 0 Å². The number of halogens is 1. The lowest BCUT2D eigenvalue weighted by atomic mass is 10.7. The zero-order valence-corrected chi connectivity index (χ0v) is 5.64. The van der Waals surface area contributed by atoms with Crippen LogP contribution in [0.4, 0.5) is 0 Å². The molecule has 0 saturated carbocycles. The van der Waals surface area contributed by atoms with Crippen LogP contribution in [0.3, 0.4) is 0 Å². The Morgan fingerprint density at radius 3 is 2.00 bits per heavy atom. The third-order valence-corrected chi connectivity index (χ3v) is 0.332. The van der Waals surface area contributed by atoms with E-state index in [0.717, 1.165) is 11.6 Å². The van der Waals surface area contributed by atoms with Gasteiger partial charge in [0.15, 0.2) is 0 Å². The van der Waals surface area contributed by atoms with Crippen LogP contribution in [0.25, 0.3) is 0 Å². The van der Waals surface area contributed by atoms with Crippen LogP contribution >= 0.6 is 11.6 Å². The van der Waals surface area contributed by atoms with Gasteiger partial charge >= 0.3 is 5.97 Å². The molecule has 0 aliphatic carbocycles. The Hall–Kier alpha value is -0.500. The highest BCUT2D eigenvalue weighted by atomic mass is 35.5. The largest absolute Gasteiger partial charge is 0.478 e. The van der Waals surface area contributed by atoms with Crippen molar-refractivity contribution in [3.8, 4) is 0 Å². The smallest absolute Gasteiger partial charge is 0.329 e. The standard InChI is InChI=1S/C3H3ClO2.C2H6/c4-2-1-3(5)6;1-2/h1-2H,(H,5,6);1-2H3. The van der Waals surface area contributed by atoms with E-state index >= 15 is 0 Å². The van der Waals surface area contributed by atoms with E-state index < -0.39 is 5.97 Å². The molecule has 0 unspecified atom stereocenters. The van der Waals surface area contributed by atoms with Crippen LogP contribution in [0.15, 0.2) is 11.6 Å². The lowest BCUT2D eigenvalue weighted by Crippen LogP contribution is -1.83. The summed E-state index contributed by atoms with van der Waals surface area (Å²) in [5.74, 6) is -1.02. The molecule has 1 N–H and O–H groups in total. The number of carboxylic acid groups (broad SMARTS) is 1. The molecule has 0 aliphatic rings. The molecule has 0 bridgehead atoms. The third-order valence-electron chi connectivity index (χ3n) is 0.206. The van der Waals surface area contributed by atoms with E-state index in [-0.39, 0.29) is 0 Å². The molecule has 2 nitrogen and oxygen atoms in total. The van der Waals surface area contributed by atoms with Crippen LogP contribution in [0.1, 0.15) is 13.8 Å². The highest BCUT2D eigenvalue weighted by Crippen LogP contribution is 1.74. The summed E-state index contributed by atoms with van der Waals surface area (Å²) in [6.45, 7) is 4.00. The molecular weight excluding hydrogens is 128 g/mol. The first kappa shape index (κ1) is 10.5. The predicted octanol–water partition coefficient (Wildman–Crippen LogP) is 1.85. The van der Waals surface area contributed by atoms with Crippen molar-refractivity contribution >= 4 is 17.6 Å². The maximum absolute atomic E-state index is 9.43. The quantitative estimate of drug-likeness (QED) is 0.559. The summed E-state index contributed by atoms with van der Waals surface area (Å²) >= 11 is 4.84. The molecule has 0 amide bonds. The number of carboxylic acids is 1. The Kier molecular flexibility index (Phi) is 12.7. The molecule has 0 spiro atoms. The average Bonchev–Trinajstić information content (AvgIpc) is 1.72. The van der Waals surface area contributed by atoms with E-state index in [1.807, 2.05) is 13.8 Å². The van der Waals surface area contributed by atoms with E-state index in [2.05, 4.69) is 0 Å². The summed E-state index contributed by atoms with van der Waals surface area (Å²) in [6, 6.07) is 0. The van der Waals surface area contributed by atoms with E-state index in [0.29, 0.717) is 0 Å². The zero-order valence-electron chi connectivity index (χ0n) is 4.89. The van der Waals surface area contributed by atoms with Crippen LogP contribution in [0, 0.1) is 0 Å². The maximum Gasteiger partial charge on any atom is 0.329 e. The molecule has 0 atom stereocenters. The Morgan fingerprint density at radius 1 is 1.62 bits per heavy atom. The van der Waals surface area contributed by atoms with Crippen LogP contribution in [0.5, 0.6) is 0 Å². The molecule has 0 heterocycles. The van der Waals surface area contributed by atoms with Crippen molar-refractivity contribution in [3.05, 3.63) is 11.6 Å². The minimum absolute atomic E-state index is 0.849. The average molecular weight is 137 g/mol. The van der Waals surface area contributed by atoms with Gasteiger partial charge < -0.3 is 5.11 Å². The van der Waals surface area contributed by atoms with Gasteiger partial charge in [0.05, 0.1) is 0 Å². The molecule has 0 rings (SSSR count). The van der Waals surface area contributed by atoms with Crippen molar-refractivity contribution in [3.63, 3.8) is 0 Å². The van der Waals surface area contributed by atoms with Crippen molar-refractivity contribution in [1.82, 2.24) is 0 Å². The number of carbonyl (C=O) groups is 1. The lowest BCUT2D eigenvalue weighted by Gasteiger charge is -1.67. The number of hydrogen-bond donors (Lipinski definition) is 1. The summed E-state index contributed by atoms with van der Waals surface area (Å²) in [7, 11) is 0. The van der Waals surface area contributed by atoms with Crippen molar-refractivity contribution < 1.29 is 9.90 Å². The molecule has 0 aromatic carbocycles. The summed E-state index contributed by atoms with van der Waals surface area (Å²) in [6.07, 6.45) is 0.849. The maximum atomic E-state index is 9.43. The Labute approximate surface area is 53.8 Å². The summed E-state index contributed by atoms with van der Waals surface area (Å²) < 4.78 is 0. The predicted molar refractivity (Wildman–Crippen MR) is 34.0 cm³/mol. The van der Waals surface area contributed by atoms with E-state index in [9.17, 15) is 4.79 Å². The fourth-order valence-electron chi connectivity index (χ4n) is 0.0539. The van der Waals surface area contributed by atoms with Gasteiger partial charge in [-0.2, -0.15) is 0 Å². The highest BCUT2D eigenvalue weighted by Gasteiger charge is 1.77. The van der Waals surface area contributed by atoms with Gasteiger partial charge in [0, 0.05) is 11.6 Å². The minimum atomic E-state index is -1.02. The Bertz CT molecular complexity index is 78.5. The first-order valence-corrected chi connectivity index (χ1v) is 2.70. The first-order valence-electron chi connectivity index (χ1n) is 2.27. The van der Waals surface area contributed by atoms with Crippen molar-refractivity contribution in [2.75, 3.05) is 0 Å². The van der Waals surface area contributed by atoms with Crippen molar-refractivity contribution in [1.29, 1.82) is 0 Å². The minimum Gasteiger partial charge on any atom is -0.478 e. The van der Waals surface area contributed by atoms with Gasteiger partial charge in [0.1, 0.15) is 0 Å². The first-order chi connectivity index (χ1) is 3.77. The van der Waals surface area contributed by atoms with Crippen molar-refractivity contribution in [2.45, 2.75) is 13.8 Å². The van der Waals surface area contributed by atoms with Gasteiger partial charge in [-0.15, -0.1) is 0 Å². The van der Waals surface area contributed by atoms with Gasteiger partial charge in [0.2, 0.25) is 0 Å². The molecule has 3 heteroatoms. The van der Waals surface area contributed by atoms with Crippen molar-refractivity contribution in [2.24, 2.45) is 0 Å². The summed E-state index contributed by atoms with van der Waals surface area (Å²) in [5.41, 5.74) is 0.947. The third kappa shape index (κ3) is 17.8. The molecule has 48 valence electrons. The van der Waals surface area contributed by atoms with E-state index in [1.54, 1.807) is 0 Å². The summed E-state index contributed by atoms with van der Waals surface area (Å²) in [4.78, 5) is 9.43. The van der Waals surface area contributed by atoms with Gasteiger partial charge in [-0.1, -0.05) is 25.4 Å². The van der Waals surface area contributed by atoms with Crippen LogP contribution in [-0.2, 0) is 4.79 Å². The van der Waals surface area contributed by atoms with Crippen LogP contribution in [-0.4, -0.2) is 11.1 Å². The lowest BCUT2D eigenvalue weighted by molar-refractivity contribution is -0.131. The number of hydrogen-bond acceptors (Lipinski definition) is 1. The second kappa shape index (κ2) is 9.71. The molecule has 0 aromatic heterocycles. The zero-order chi connectivity index (χ0) is 6.99. The highest BCUT2D eigenvalue weighted by molar-refractivity contribution is 6.26. The van der Waals surface area contributed by atoms with Gasteiger partial charge in [0.25, 0.3) is 0 Å². The Morgan fingerprint density at radius 2 is 2.00 bits per heavy atom. The fourth-order valence-corrected chi connectivity index (χ4v) is 0.162. The molecule has 0 fully saturated rings. The topological polar surface area (TPSA) is 37.3 Å². The van der Waals surface area contributed by atoms with Crippen LogP contribution < -0.4 is 0 Å². The SMILES string of the molecule is CC.O=C(O)C=CCl. The second-order valence-electron chi connectivity index (χ2n) is 0.631. The second-order valence-corrected chi connectivity index (χ2v) is 0.883. The van der Waals surface area contributed by atoms with E-state index in [1.165, 1.54) is 0 Å². The summed E-state index contributed by atoms with van der Waals surface area (Å²) in [5, 5.41) is 7.74.